The monoisotopic (exact) mass is 170 g/mol. The van der Waals surface area contributed by atoms with Gasteiger partial charge in [0.2, 0.25) is 0 Å². The van der Waals surface area contributed by atoms with Gasteiger partial charge in [0.15, 0.2) is 0 Å². The molecule has 62 valence electrons. The molecule has 1 aliphatic rings. The van der Waals surface area contributed by atoms with Crippen LogP contribution in [-0.2, 0) is 10.8 Å². The van der Waals surface area contributed by atoms with Gasteiger partial charge in [-0.3, -0.25) is 4.21 Å². The van der Waals surface area contributed by atoms with Crippen LogP contribution >= 0.6 is 0 Å². The molecule has 0 amide bonds. The fraction of sp³-hybridized carbons (Fsp3) is 0.778. The largest absolute Gasteiger partial charge is 0.260 e. The van der Waals surface area contributed by atoms with E-state index in [-0.39, 0.29) is 0 Å². The van der Waals surface area contributed by atoms with E-state index in [1.54, 1.807) is 0 Å². The lowest BCUT2D eigenvalue weighted by Gasteiger charge is -2.29. The third-order valence-corrected chi connectivity index (χ3v) is 4.11. The molecule has 1 fully saturated rings. The van der Waals surface area contributed by atoms with E-state index < -0.39 is 10.8 Å². The summed E-state index contributed by atoms with van der Waals surface area (Å²) in [6.45, 7) is 4.19. The van der Waals surface area contributed by atoms with Crippen molar-refractivity contribution >= 4 is 10.8 Å². The van der Waals surface area contributed by atoms with Gasteiger partial charge in [-0.2, -0.15) is 0 Å². The van der Waals surface area contributed by atoms with Crippen LogP contribution in [0.2, 0.25) is 0 Å². The van der Waals surface area contributed by atoms with Crippen LogP contribution in [0.5, 0.6) is 0 Å². The first-order chi connectivity index (χ1) is 5.15. The zero-order valence-corrected chi connectivity index (χ0v) is 7.86. The molecule has 0 N–H and O–H groups in total. The lowest BCUT2D eigenvalue weighted by molar-refractivity contribution is 0.359. The van der Waals surface area contributed by atoms with Crippen LogP contribution in [0, 0.1) is 30.1 Å². The maximum Gasteiger partial charge on any atom is 0.0272 e. The maximum atomic E-state index is 11.2. The maximum absolute atomic E-state index is 11.2. The lowest BCUT2D eigenvalue weighted by atomic mass is 9.86. The van der Waals surface area contributed by atoms with Crippen molar-refractivity contribution in [2.75, 3.05) is 11.5 Å². The third-order valence-electron chi connectivity index (χ3n) is 2.32. The van der Waals surface area contributed by atoms with Gasteiger partial charge < -0.3 is 0 Å². The van der Waals surface area contributed by atoms with E-state index in [1.165, 1.54) is 0 Å². The molecule has 0 bridgehead atoms. The first kappa shape index (κ1) is 8.80. The van der Waals surface area contributed by atoms with E-state index in [4.69, 9.17) is 6.42 Å². The van der Waals surface area contributed by atoms with Crippen molar-refractivity contribution in [1.29, 1.82) is 0 Å². The second kappa shape index (κ2) is 3.40. The van der Waals surface area contributed by atoms with Gasteiger partial charge in [-0.15, -0.1) is 12.3 Å². The minimum absolute atomic E-state index is 0.340. The second-order valence-electron chi connectivity index (χ2n) is 3.42. The highest BCUT2D eigenvalue weighted by Gasteiger charge is 2.29. The highest BCUT2D eigenvalue weighted by Crippen LogP contribution is 2.27. The molecular weight excluding hydrogens is 156 g/mol. The summed E-state index contributed by atoms with van der Waals surface area (Å²) < 4.78 is 11.2. The van der Waals surface area contributed by atoms with Crippen LogP contribution in [0.1, 0.15) is 13.8 Å². The zero-order chi connectivity index (χ0) is 8.43. The molecule has 2 atom stereocenters. The summed E-state index contributed by atoms with van der Waals surface area (Å²) in [4.78, 5) is 0. The molecule has 2 heteroatoms. The Bertz CT molecular complexity index is 190. The molecular formula is C9H14OS. The Kier molecular flexibility index (Phi) is 2.72. The smallest absolute Gasteiger partial charge is 0.0272 e. The quantitative estimate of drug-likeness (QED) is 0.500. The van der Waals surface area contributed by atoms with Crippen molar-refractivity contribution in [3.63, 3.8) is 0 Å². The van der Waals surface area contributed by atoms with Crippen molar-refractivity contribution < 1.29 is 4.21 Å². The summed E-state index contributed by atoms with van der Waals surface area (Å²) in [5, 5.41) is 0. The molecule has 1 heterocycles. The molecule has 0 saturated carbocycles. The number of hydrogen-bond donors (Lipinski definition) is 0. The topological polar surface area (TPSA) is 17.1 Å². The van der Waals surface area contributed by atoms with Gasteiger partial charge in [-0.05, 0) is 11.8 Å². The molecule has 0 radical (unpaired) electrons. The van der Waals surface area contributed by atoms with Crippen molar-refractivity contribution in [3.05, 3.63) is 0 Å². The molecule has 1 saturated heterocycles. The first-order valence-corrected chi connectivity index (χ1v) is 5.45. The Morgan fingerprint density at radius 1 is 1.36 bits per heavy atom. The number of rotatable bonds is 0. The van der Waals surface area contributed by atoms with E-state index in [0.29, 0.717) is 17.8 Å². The summed E-state index contributed by atoms with van der Waals surface area (Å²) in [6, 6.07) is 0. The van der Waals surface area contributed by atoms with Crippen LogP contribution < -0.4 is 0 Å². The summed E-state index contributed by atoms with van der Waals surface area (Å²) >= 11 is 0. The molecule has 1 rings (SSSR count). The lowest BCUT2D eigenvalue weighted by Crippen LogP contribution is -2.33. The van der Waals surface area contributed by atoms with Crippen molar-refractivity contribution in [1.82, 2.24) is 0 Å². The Balaban J connectivity index is 2.68. The minimum atomic E-state index is -0.618. The first-order valence-electron chi connectivity index (χ1n) is 3.96. The van der Waals surface area contributed by atoms with E-state index in [0.717, 1.165) is 11.5 Å². The summed E-state index contributed by atoms with van der Waals surface area (Å²) in [5.74, 6) is 5.58. The van der Waals surface area contributed by atoms with E-state index in [1.807, 2.05) is 0 Å². The zero-order valence-electron chi connectivity index (χ0n) is 7.04. The summed E-state index contributed by atoms with van der Waals surface area (Å²) in [6.07, 6.45) is 5.38. The molecule has 0 aromatic rings. The van der Waals surface area contributed by atoms with Crippen molar-refractivity contribution in [2.24, 2.45) is 17.8 Å². The molecule has 0 aliphatic carbocycles. The van der Waals surface area contributed by atoms with Crippen molar-refractivity contribution in [2.45, 2.75) is 13.8 Å². The molecule has 0 aromatic carbocycles. The fourth-order valence-electron chi connectivity index (χ4n) is 1.75. The second-order valence-corrected chi connectivity index (χ2v) is 4.97. The van der Waals surface area contributed by atoms with E-state index >= 15 is 0 Å². The Morgan fingerprint density at radius 3 is 2.18 bits per heavy atom. The summed E-state index contributed by atoms with van der Waals surface area (Å²) in [5.41, 5.74) is 0. The normalized spacial score (nSPS) is 44.8. The van der Waals surface area contributed by atoms with E-state index in [2.05, 4.69) is 19.8 Å². The van der Waals surface area contributed by atoms with Gasteiger partial charge in [0.1, 0.15) is 0 Å². The number of terminal acetylenes is 1. The molecule has 11 heavy (non-hydrogen) atoms. The van der Waals surface area contributed by atoms with Crippen LogP contribution in [0.3, 0.4) is 0 Å². The predicted molar refractivity (Wildman–Crippen MR) is 48.5 cm³/mol. The minimum Gasteiger partial charge on any atom is -0.260 e. The van der Waals surface area contributed by atoms with Gasteiger partial charge >= 0.3 is 0 Å². The van der Waals surface area contributed by atoms with Crippen LogP contribution in [0.4, 0.5) is 0 Å². The number of hydrogen-bond acceptors (Lipinski definition) is 1. The molecule has 0 spiro atoms. The molecule has 1 nitrogen and oxygen atoms in total. The molecule has 2 unspecified atom stereocenters. The van der Waals surface area contributed by atoms with Gasteiger partial charge in [0.05, 0.1) is 0 Å². The third kappa shape index (κ3) is 1.84. The highest BCUT2D eigenvalue weighted by molar-refractivity contribution is 7.85. The predicted octanol–water partition coefficient (Wildman–Crippen LogP) is 1.27. The Hall–Kier alpha value is -0.290. The van der Waals surface area contributed by atoms with Gasteiger partial charge in [-0.1, -0.05) is 13.8 Å². The standard InChI is InChI=1S/C9H14OS/c1-4-9-7(2)5-11(10)6-8(9)3/h1,7-9H,5-6H2,2-3H3. The van der Waals surface area contributed by atoms with Gasteiger partial charge in [0, 0.05) is 28.2 Å². The van der Waals surface area contributed by atoms with E-state index in [9.17, 15) is 4.21 Å². The van der Waals surface area contributed by atoms with Crippen LogP contribution in [0.25, 0.3) is 0 Å². The van der Waals surface area contributed by atoms with Crippen molar-refractivity contribution in [3.8, 4) is 12.3 Å². The SMILES string of the molecule is C#CC1C(C)CS(=O)CC1C. The molecule has 1 aliphatic heterocycles. The van der Waals surface area contributed by atoms with Crippen LogP contribution in [-0.4, -0.2) is 15.7 Å². The average Bonchev–Trinajstić information content (AvgIpc) is 1.85. The van der Waals surface area contributed by atoms with Gasteiger partial charge in [0.25, 0.3) is 0 Å². The summed E-state index contributed by atoms with van der Waals surface area (Å²) in [7, 11) is -0.618. The van der Waals surface area contributed by atoms with Gasteiger partial charge in [-0.25, -0.2) is 0 Å². The Labute approximate surface area is 71.0 Å². The average molecular weight is 170 g/mol. The Morgan fingerprint density at radius 2 is 1.82 bits per heavy atom. The highest BCUT2D eigenvalue weighted by atomic mass is 32.2. The fourth-order valence-corrected chi connectivity index (χ4v) is 3.47. The molecule has 0 aromatic heterocycles. The van der Waals surface area contributed by atoms with Crippen LogP contribution in [0.15, 0.2) is 0 Å².